The predicted octanol–water partition coefficient (Wildman–Crippen LogP) is 2.07. The van der Waals surface area contributed by atoms with Crippen molar-refractivity contribution in [1.29, 1.82) is 0 Å². The van der Waals surface area contributed by atoms with Crippen LogP contribution in [0, 0.1) is 11.8 Å². The van der Waals surface area contributed by atoms with Crippen LogP contribution in [0.1, 0.15) is 39.0 Å². The molecule has 1 unspecified atom stereocenters. The molecule has 1 saturated carbocycles. The maximum atomic E-state index is 12.0. The highest BCUT2D eigenvalue weighted by Crippen LogP contribution is 2.32. The highest BCUT2D eigenvalue weighted by Gasteiger charge is 2.42. The van der Waals surface area contributed by atoms with Crippen LogP contribution >= 0.6 is 11.8 Å². The fourth-order valence-electron chi connectivity index (χ4n) is 2.89. The molecule has 1 aliphatic carbocycles. The zero-order chi connectivity index (χ0) is 14.6. The Hall–Kier alpha value is -0.910. The lowest BCUT2D eigenvalue weighted by molar-refractivity contribution is -0.146. The third-order valence-electron chi connectivity index (χ3n) is 4.47. The average Bonchev–Trinajstić information content (AvgIpc) is 2.92. The number of hydrogen-bond acceptors (Lipinski definition) is 3. The van der Waals surface area contributed by atoms with Crippen molar-refractivity contribution in [1.82, 2.24) is 10.6 Å². The summed E-state index contributed by atoms with van der Waals surface area (Å²) in [4.78, 5) is 23.5. The minimum atomic E-state index is -1.07. The lowest BCUT2D eigenvalue weighted by atomic mass is 9.77. The smallest absolute Gasteiger partial charge is 0.329 e. The lowest BCUT2D eigenvalue weighted by Gasteiger charge is -2.36. The van der Waals surface area contributed by atoms with Gasteiger partial charge in [-0.25, -0.2) is 9.59 Å². The molecular formula is C14H24N2O3S. The summed E-state index contributed by atoms with van der Waals surface area (Å²) >= 11 is 1.91. The van der Waals surface area contributed by atoms with Gasteiger partial charge in [-0.1, -0.05) is 6.92 Å². The maximum Gasteiger partial charge on any atom is 0.329 e. The second-order valence-electron chi connectivity index (χ2n) is 6.13. The number of urea groups is 1. The number of aliphatic carboxylic acids is 1. The number of rotatable bonds is 4. The van der Waals surface area contributed by atoms with Gasteiger partial charge in [-0.15, -0.1) is 0 Å². The quantitative estimate of drug-likeness (QED) is 0.742. The number of hydrogen-bond donors (Lipinski definition) is 3. The Morgan fingerprint density at radius 1 is 1.30 bits per heavy atom. The van der Waals surface area contributed by atoms with E-state index < -0.39 is 11.5 Å². The minimum Gasteiger partial charge on any atom is -0.480 e. The molecule has 0 radical (unpaired) electrons. The van der Waals surface area contributed by atoms with Crippen LogP contribution in [0.4, 0.5) is 4.79 Å². The van der Waals surface area contributed by atoms with E-state index >= 15 is 0 Å². The van der Waals surface area contributed by atoms with Crippen molar-refractivity contribution in [2.24, 2.45) is 11.8 Å². The molecule has 2 amide bonds. The molecule has 1 aliphatic heterocycles. The molecule has 5 nitrogen and oxygen atoms in total. The molecule has 1 saturated heterocycles. The minimum absolute atomic E-state index is 0.334. The Labute approximate surface area is 124 Å². The lowest BCUT2D eigenvalue weighted by Crippen LogP contribution is -2.58. The third-order valence-corrected chi connectivity index (χ3v) is 5.70. The predicted molar refractivity (Wildman–Crippen MR) is 80.0 cm³/mol. The third kappa shape index (κ3) is 3.81. The summed E-state index contributed by atoms with van der Waals surface area (Å²) < 4.78 is 0. The number of carboxylic acids is 1. The van der Waals surface area contributed by atoms with Crippen LogP contribution in [-0.4, -0.2) is 40.7 Å². The van der Waals surface area contributed by atoms with Crippen molar-refractivity contribution in [2.75, 3.05) is 18.1 Å². The van der Waals surface area contributed by atoms with E-state index in [0.29, 0.717) is 31.2 Å². The molecule has 0 aromatic carbocycles. The Morgan fingerprint density at radius 2 is 2.00 bits per heavy atom. The van der Waals surface area contributed by atoms with Gasteiger partial charge in [0.15, 0.2) is 0 Å². The summed E-state index contributed by atoms with van der Waals surface area (Å²) in [7, 11) is 0. The number of carbonyl (C=O) groups is 2. The van der Waals surface area contributed by atoms with Crippen LogP contribution in [0.3, 0.4) is 0 Å². The first-order chi connectivity index (χ1) is 9.52. The summed E-state index contributed by atoms with van der Waals surface area (Å²) in [5.41, 5.74) is -1.07. The van der Waals surface area contributed by atoms with Gasteiger partial charge in [0.25, 0.3) is 0 Å². The van der Waals surface area contributed by atoms with Crippen molar-refractivity contribution >= 4 is 23.8 Å². The van der Waals surface area contributed by atoms with Crippen molar-refractivity contribution in [3.05, 3.63) is 0 Å². The summed E-state index contributed by atoms with van der Waals surface area (Å²) in [5, 5.41) is 15.0. The molecular weight excluding hydrogens is 276 g/mol. The van der Waals surface area contributed by atoms with E-state index in [1.54, 1.807) is 0 Å². The molecule has 6 heteroatoms. The van der Waals surface area contributed by atoms with Crippen molar-refractivity contribution in [3.63, 3.8) is 0 Å². The molecule has 0 aromatic heterocycles. The number of amides is 2. The van der Waals surface area contributed by atoms with Crippen molar-refractivity contribution in [2.45, 2.75) is 44.6 Å². The molecule has 0 bridgehead atoms. The summed E-state index contributed by atoms with van der Waals surface area (Å²) in [6, 6.07) is -0.334. The molecule has 3 N–H and O–H groups in total. The number of carbonyl (C=O) groups excluding carboxylic acids is 1. The zero-order valence-corrected chi connectivity index (χ0v) is 12.8. The first-order valence-corrected chi connectivity index (χ1v) is 8.54. The van der Waals surface area contributed by atoms with Crippen molar-refractivity contribution in [3.8, 4) is 0 Å². The zero-order valence-electron chi connectivity index (χ0n) is 12.0. The van der Waals surface area contributed by atoms with Crippen LogP contribution in [-0.2, 0) is 4.79 Å². The van der Waals surface area contributed by atoms with E-state index in [1.807, 2.05) is 11.8 Å². The Morgan fingerprint density at radius 3 is 2.55 bits per heavy atom. The van der Waals surface area contributed by atoms with Gasteiger partial charge in [-0.2, -0.15) is 11.8 Å². The normalized spacial score (nSPS) is 33.6. The summed E-state index contributed by atoms with van der Waals surface area (Å²) in [6.07, 6.45) is 3.89. The van der Waals surface area contributed by atoms with Gasteiger partial charge in [-0.3, -0.25) is 0 Å². The number of carboxylic acid groups (broad SMARTS) is 1. The van der Waals surface area contributed by atoms with E-state index in [4.69, 9.17) is 0 Å². The molecule has 1 heterocycles. The average molecular weight is 300 g/mol. The fourth-order valence-corrected chi connectivity index (χ4v) is 4.17. The largest absolute Gasteiger partial charge is 0.480 e. The molecule has 2 aliphatic rings. The van der Waals surface area contributed by atoms with Gasteiger partial charge in [0, 0.05) is 6.54 Å². The molecule has 2 rings (SSSR count). The fraction of sp³-hybridized carbons (Fsp3) is 0.857. The van der Waals surface area contributed by atoms with E-state index in [2.05, 4.69) is 17.6 Å². The second kappa shape index (κ2) is 6.70. The highest BCUT2D eigenvalue weighted by atomic mass is 32.2. The van der Waals surface area contributed by atoms with Crippen LogP contribution in [0.25, 0.3) is 0 Å². The van der Waals surface area contributed by atoms with Crippen LogP contribution in [0.15, 0.2) is 0 Å². The van der Waals surface area contributed by atoms with Crippen LogP contribution in [0.2, 0.25) is 0 Å². The molecule has 20 heavy (non-hydrogen) atoms. The van der Waals surface area contributed by atoms with Gasteiger partial charge in [0.2, 0.25) is 0 Å². The Kier molecular flexibility index (Phi) is 5.18. The highest BCUT2D eigenvalue weighted by molar-refractivity contribution is 7.99. The molecule has 1 atom stereocenters. The molecule has 0 aromatic rings. The van der Waals surface area contributed by atoms with E-state index in [-0.39, 0.29) is 6.03 Å². The second-order valence-corrected chi connectivity index (χ2v) is 7.28. The Bertz CT molecular complexity index is 361. The van der Waals surface area contributed by atoms with Gasteiger partial charge in [0.1, 0.15) is 5.54 Å². The van der Waals surface area contributed by atoms with E-state index in [0.717, 1.165) is 30.8 Å². The first-order valence-electron chi connectivity index (χ1n) is 7.39. The van der Waals surface area contributed by atoms with E-state index in [9.17, 15) is 14.7 Å². The molecule has 2 fully saturated rings. The number of thioether (sulfide) groups is 1. The maximum absolute atomic E-state index is 12.0. The monoisotopic (exact) mass is 300 g/mol. The van der Waals surface area contributed by atoms with Crippen LogP contribution < -0.4 is 10.6 Å². The summed E-state index contributed by atoms with van der Waals surface area (Å²) in [6.45, 7) is 2.77. The van der Waals surface area contributed by atoms with Gasteiger partial charge in [-0.05, 0) is 55.4 Å². The van der Waals surface area contributed by atoms with Gasteiger partial charge >= 0.3 is 12.0 Å². The Balaban J connectivity index is 1.84. The van der Waals surface area contributed by atoms with E-state index in [1.165, 1.54) is 0 Å². The standard InChI is InChI=1S/C14H24N2O3S/c1-10-2-5-14(6-3-10,12(17)18)16-13(19)15-8-11-4-7-20-9-11/h10-11H,2-9H2,1H3,(H,17,18)(H2,15,16,19). The SMILES string of the molecule is CC1CCC(NC(=O)NCC2CCSC2)(C(=O)O)CC1. The molecule has 114 valence electrons. The van der Waals surface area contributed by atoms with Crippen molar-refractivity contribution < 1.29 is 14.7 Å². The topological polar surface area (TPSA) is 78.4 Å². The summed E-state index contributed by atoms with van der Waals surface area (Å²) in [5.74, 6) is 2.41. The van der Waals surface area contributed by atoms with Gasteiger partial charge in [0.05, 0.1) is 0 Å². The molecule has 0 spiro atoms. The first kappa shape index (κ1) is 15.5. The number of nitrogens with one attached hydrogen (secondary N) is 2. The van der Waals surface area contributed by atoms with Gasteiger partial charge < -0.3 is 15.7 Å². The van der Waals surface area contributed by atoms with Crippen LogP contribution in [0.5, 0.6) is 0 Å².